The first-order valence-electron chi connectivity index (χ1n) is 22.2. The second-order valence-corrected chi connectivity index (χ2v) is 18.7. The van der Waals surface area contributed by atoms with Crippen molar-refractivity contribution in [3.63, 3.8) is 0 Å². The Bertz CT molecular complexity index is 3850. The Kier molecular flexibility index (Phi) is 9.22. The fourth-order valence-corrected chi connectivity index (χ4v) is 12.1. The molecule has 3 aromatic heterocycles. The molecular formula is C61H37N3S2. The van der Waals surface area contributed by atoms with E-state index in [0.29, 0.717) is 17.5 Å². The largest absolute Gasteiger partial charge is 0.208 e. The Balaban J connectivity index is 1.13. The van der Waals surface area contributed by atoms with Crippen molar-refractivity contribution in [3.8, 4) is 78.7 Å². The molecule has 0 aliphatic carbocycles. The van der Waals surface area contributed by atoms with Crippen molar-refractivity contribution in [2.24, 2.45) is 0 Å². The minimum absolute atomic E-state index is 0.620. The van der Waals surface area contributed by atoms with E-state index in [0.717, 1.165) is 59.5 Å². The maximum atomic E-state index is 5.57. The lowest BCUT2D eigenvalue weighted by molar-refractivity contribution is 1.08. The van der Waals surface area contributed by atoms with Crippen LogP contribution < -0.4 is 0 Å². The van der Waals surface area contributed by atoms with Crippen LogP contribution in [0.5, 0.6) is 0 Å². The molecule has 0 saturated carbocycles. The first kappa shape index (κ1) is 38.4. The van der Waals surface area contributed by atoms with Crippen LogP contribution in [0.3, 0.4) is 0 Å². The van der Waals surface area contributed by atoms with Gasteiger partial charge in [0.2, 0.25) is 0 Å². The minimum atomic E-state index is 0.620. The maximum absolute atomic E-state index is 5.57. The van der Waals surface area contributed by atoms with E-state index in [-0.39, 0.29) is 0 Å². The Labute approximate surface area is 389 Å². The highest BCUT2D eigenvalue weighted by atomic mass is 32.1. The number of thiophene rings is 2. The summed E-state index contributed by atoms with van der Waals surface area (Å²) in [6.07, 6.45) is 0. The highest BCUT2D eigenvalue weighted by Crippen LogP contribution is 2.48. The van der Waals surface area contributed by atoms with Gasteiger partial charge in [-0.05, 0) is 80.0 Å². The van der Waals surface area contributed by atoms with E-state index in [9.17, 15) is 0 Å². The smallest absolute Gasteiger partial charge is 0.165 e. The number of fused-ring (bicyclic) bond motifs is 7. The van der Waals surface area contributed by atoms with Crippen LogP contribution in [0.15, 0.2) is 224 Å². The summed E-state index contributed by atoms with van der Waals surface area (Å²) in [5, 5.41) is 7.28. The molecule has 0 atom stereocenters. The summed E-state index contributed by atoms with van der Waals surface area (Å²) in [5.41, 5.74) is 11.9. The monoisotopic (exact) mass is 875 g/mol. The molecule has 66 heavy (non-hydrogen) atoms. The van der Waals surface area contributed by atoms with Gasteiger partial charge < -0.3 is 0 Å². The molecule has 308 valence electrons. The summed E-state index contributed by atoms with van der Waals surface area (Å²) in [7, 11) is 0. The average molecular weight is 876 g/mol. The van der Waals surface area contributed by atoms with Crippen LogP contribution in [-0.4, -0.2) is 15.0 Å². The highest BCUT2D eigenvalue weighted by molar-refractivity contribution is 7.26. The van der Waals surface area contributed by atoms with E-state index < -0.39 is 0 Å². The number of aromatic nitrogens is 3. The quantitative estimate of drug-likeness (QED) is 0.160. The zero-order valence-corrected chi connectivity index (χ0v) is 37.2. The molecule has 0 spiro atoms. The summed E-state index contributed by atoms with van der Waals surface area (Å²) in [4.78, 5) is 16.6. The predicted octanol–water partition coefficient (Wildman–Crippen LogP) is 17.4. The number of hydrogen-bond acceptors (Lipinski definition) is 5. The van der Waals surface area contributed by atoms with Crippen molar-refractivity contribution in [3.05, 3.63) is 224 Å². The summed E-state index contributed by atoms with van der Waals surface area (Å²) < 4.78 is 4.80. The van der Waals surface area contributed by atoms with E-state index in [4.69, 9.17) is 15.0 Å². The van der Waals surface area contributed by atoms with Crippen molar-refractivity contribution in [1.82, 2.24) is 15.0 Å². The van der Waals surface area contributed by atoms with E-state index in [1.165, 1.54) is 52.8 Å². The van der Waals surface area contributed by atoms with Crippen LogP contribution in [0.25, 0.3) is 130 Å². The van der Waals surface area contributed by atoms with Gasteiger partial charge in [0.1, 0.15) is 0 Å². The topological polar surface area (TPSA) is 38.7 Å². The van der Waals surface area contributed by atoms with Gasteiger partial charge in [-0.1, -0.05) is 194 Å². The standard InChI is InChI=1S/C61H37N3S2/c1-3-16-38(17-4-1)39-32-34-42(35-33-39)56-50(37-36-47(55(56)41-19-5-2-6-20-41)44-25-13-21-40-18-7-8-22-43(40)44)59-62-60(51-28-14-26-48-45-23-9-11-30-53(45)65-57(48)51)64-61(63-59)52-29-15-27-49-46-24-10-12-31-54(46)66-58(49)52/h1-37H. The van der Waals surface area contributed by atoms with Gasteiger partial charge in [-0.2, -0.15) is 0 Å². The predicted molar refractivity (Wildman–Crippen MR) is 281 cm³/mol. The van der Waals surface area contributed by atoms with Gasteiger partial charge in [0.15, 0.2) is 17.5 Å². The summed E-state index contributed by atoms with van der Waals surface area (Å²) >= 11 is 3.59. The molecule has 0 amide bonds. The van der Waals surface area contributed by atoms with Crippen LogP contribution >= 0.6 is 22.7 Å². The van der Waals surface area contributed by atoms with E-state index in [1.54, 1.807) is 22.7 Å². The molecule has 0 fully saturated rings. The number of nitrogens with zero attached hydrogens (tertiary/aromatic N) is 3. The third-order valence-corrected chi connectivity index (χ3v) is 15.2. The molecule has 0 unspecified atom stereocenters. The zero-order valence-electron chi connectivity index (χ0n) is 35.5. The minimum Gasteiger partial charge on any atom is -0.208 e. The fourth-order valence-electron chi connectivity index (χ4n) is 9.72. The summed E-state index contributed by atoms with van der Waals surface area (Å²) in [5.74, 6) is 1.92. The Morgan fingerprint density at radius 1 is 0.242 bits per heavy atom. The van der Waals surface area contributed by atoms with E-state index >= 15 is 0 Å². The molecule has 0 saturated heterocycles. The fraction of sp³-hybridized carbons (Fsp3) is 0. The molecule has 3 heterocycles. The van der Waals surface area contributed by atoms with Crippen LogP contribution in [-0.2, 0) is 0 Å². The van der Waals surface area contributed by atoms with Gasteiger partial charge in [0, 0.05) is 62.6 Å². The molecule has 0 aliphatic rings. The van der Waals surface area contributed by atoms with Gasteiger partial charge in [-0.15, -0.1) is 22.7 Å². The third-order valence-electron chi connectivity index (χ3n) is 12.8. The first-order valence-corrected chi connectivity index (χ1v) is 23.8. The van der Waals surface area contributed by atoms with Gasteiger partial charge in [-0.3, -0.25) is 0 Å². The number of benzene rings is 10. The Morgan fingerprint density at radius 3 is 1.26 bits per heavy atom. The lowest BCUT2D eigenvalue weighted by Crippen LogP contribution is -2.03. The normalized spacial score (nSPS) is 11.6. The highest BCUT2D eigenvalue weighted by Gasteiger charge is 2.25. The molecule has 13 aromatic rings. The zero-order chi connectivity index (χ0) is 43.6. The second-order valence-electron chi connectivity index (χ2n) is 16.6. The van der Waals surface area contributed by atoms with Gasteiger partial charge in [0.05, 0.1) is 0 Å². The molecule has 3 nitrogen and oxygen atoms in total. The van der Waals surface area contributed by atoms with Crippen LogP contribution in [0.4, 0.5) is 0 Å². The summed E-state index contributed by atoms with van der Waals surface area (Å²) in [6, 6.07) is 80.5. The number of hydrogen-bond donors (Lipinski definition) is 0. The van der Waals surface area contributed by atoms with Crippen molar-refractivity contribution in [2.75, 3.05) is 0 Å². The van der Waals surface area contributed by atoms with Crippen molar-refractivity contribution in [1.29, 1.82) is 0 Å². The Morgan fingerprint density at radius 2 is 0.636 bits per heavy atom. The van der Waals surface area contributed by atoms with Crippen molar-refractivity contribution >= 4 is 73.8 Å². The summed E-state index contributed by atoms with van der Waals surface area (Å²) in [6.45, 7) is 0. The Hall–Kier alpha value is -8.09. The molecule has 0 aliphatic heterocycles. The molecule has 0 bridgehead atoms. The van der Waals surface area contributed by atoms with Crippen LogP contribution in [0.2, 0.25) is 0 Å². The third kappa shape index (κ3) is 6.43. The van der Waals surface area contributed by atoms with Crippen molar-refractivity contribution in [2.45, 2.75) is 0 Å². The second kappa shape index (κ2) is 15.9. The lowest BCUT2D eigenvalue weighted by atomic mass is 9.83. The average Bonchev–Trinajstić information content (AvgIpc) is 3.97. The molecule has 13 rings (SSSR count). The SMILES string of the molecule is c1ccc(-c2ccc(-c3c(-c4nc(-c5cccc6c5sc5ccccc56)nc(-c5cccc6c5sc5ccccc56)n4)ccc(-c4cccc5ccccc45)c3-c3ccccc3)cc2)cc1. The van der Waals surface area contributed by atoms with Gasteiger partial charge >= 0.3 is 0 Å². The van der Waals surface area contributed by atoms with Crippen molar-refractivity contribution < 1.29 is 0 Å². The first-order chi connectivity index (χ1) is 32.7. The molecular weight excluding hydrogens is 839 g/mol. The molecule has 0 N–H and O–H groups in total. The molecule has 10 aromatic carbocycles. The lowest BCUT2D eigenvalue weighted by Gasteiger charge is -2.21. The van der Waals surface area contributed by atoms with E-state index in [1.807, 2.05) is 0 Å². The van der Waals surface area contributed by atoms with Crippen LogP contribution in [0, 0.1) is 0 Å². The van der Waals surface area contributed by atoms with Gasteiger partial charge in [0.25, 0.3) is 0 Å². The molecule has 0 radical (unpaired) electrons. The molecule has 5 heteroatoms. The number of rotatable bonds is 7. The van der Waals surface area contributed by atoms with E-state index in [2.05, 4.69) is 224 Å². The maximum Gasteiger partial charge on any atom is 0.165 e. The van der Waals surface area contributed by atoms with Gasteiger partial charge in [-0.25, -0.2) is 15.0 Å². The van der Waals surface area contributed by atoms with Crippen LogP contribution in [0.1, 0.15) is 0 Å².